The first kappa shape index (κ1) is 27.3. The van der Waals surface area contributed by atoms with Crippen molar-refractivity contribution >= 4 is 28.8 Å². The number of hydrogen-bond acceptors (Lipinski definition) is 7. The zero-order valence-corrected chi connectivity index (χ0v) is 21.0. The van der Waals surface area contributed by atoms with E-state index in [4.69, 9.17) is 9.52 Å². The van der Waals surface area contributed by atoms with E-state index in [0.717, 1.165) is 0 Å². The first-order chi connectivity index (χ1) is 18.8. The van der Waals surface area contributed by atoms with E-state index in [1.165, 1.54) is 36.4 Å². The van der Waals surface area contributed by atoms with Gasteiger partial charge in [-0.15, -0.1) is 0 Å². The number of benzene rings is 3. The van der Waals surface area contributed by atoms with Crippen LogP contribution >= 0.6 is 0 Å². The number of aromatic hydroxyl groups is 1. The number of fused-ring (bicyclic) bond motifs is 2. The fourth-order valence-electron chi connectivity index (χ4n) is 4.40. The minimum Gasteiger partial charge on any atom is -0.508 e. The van der Waals surface area contributed by atoms with Crippen molar-refractivity contribution in [2.45, 2.75) is 25.7 Å². The molecule has 10 nitrogen and oxygen atoms in total. The van der Waals surface area contributed by atoms with Crippen LogP contribution in [0.2, 0.25) is 0 Å². The lowest BCUT2D eigenvalue weighted by atomic mass is 9.90. The molecule has 1 aliphatic carbocycles. The molecular formula is C29H28N2O8. The molecule has 2 aromatic rings. The van der Waals surface area contributed by atoms with Crippen molar-refractivity contribution in [1.82, 2.24) is 10.6 Å². The summed E-state index contributed by atoms with van der Waals surface area (Å²) in [6.07, 6.45) is 2.33. The number of phenolic OH excluding ortho intramolecular Hbond substituents is 1. The molecule has 0 aromatic heterocycles. The van der Waals surface area contributed by atoms with Crippen LogP contribution in [0.3, 0.4) is 0 Å². The standard InChI is InChI=1S/C29H28N2O8/c32-13-12-30-26(35)4-2-1-3-11-31-28(36)17-5-8-20(23(14-17)29(37)38)27-21-9-6-18(33)15-24(21)39-25-16-19(34)7-10-22(25)27/h5-10,14-16,32-33H,1-4,11-13H2,(H,30,35)(H,31,36)(H,37,38). The molecule has 0 bridgehead atoms. The Kier molecular flexibility index (Phi) is 8.57. The second kappa shape index (κ2) is 12.2. The average Bonchev–Trinajstić information content (AvgIpc) is 2.91. The van der Waals surface area contributed by atoms with E-state index in [1.807, 2.05) is 0 Å². The maximum atomic E-state index is 12.8. The second-order valence-corrected chi connectivity index (χ2v) is 9.02. The number of aliphatic hydroxyl groups excluding tert-OH is 1. The predicted octanol–water partition coefficient (Wildman–Crippen LogP) is 3.37. The molecule has 4 rings (SSSR count). The Hall–Kier alpha value is -4.70. The number of phenols is 1. The molecule has 0 atom stereocenters. The maximum Gasteiger partial charge on any atom is 0.336 e. The van der Waals surface area contributed by atoms with Crippen molar-refractivity contribution < 1.29 is 34.1 Å². The Bertz CT molecular complexity index is 1560. The van der Waals surface area contributed by atoms with E-state index in [2.05, 4.69) is 10.6 Å². The third-order valence-electron chi connectivity index (χ3n) is 6.26. The molecular weight excluding hydrogens is 504 g/mol. The Morgan fingerprint density at radius 2 is 1.64 bits per heavy atom. The molecule has 39 heavy (non-hydrogen) atoms. The van der Waals surface area contributed by atoms with Gasteiger partial charge in [0.25, 0.3) is 5.91 Å². The van der Waals surface area contributed by atoms with Crippen molar-refractivity contribution in [1.29, 1.82) is 0 Å². The molecule has 2 aliphatic rings. The zero-order chi connectivity index (χ0) is 27.9. The Balaban J connectivity index is 1.56. The van der Waals surface area contributed by atoms with Crippen LogP contribution in [0.4, 0.5) is 0 Å². The molecule has 2 amide bonds. The maximum absolute atomic E-state index is 12.8. The van der Waals surface area contributed by atoms with Gasteiger partial charge in [0.1, 0.15) is 17.1 Å². The van der Waals surface area contributed by atoms with Gasteiger partial charge in [-0.1, -0.05) is 12.5 Å². The zero-order valence-electron chi connectivity index (χ0n) is 21.0. The molecule has 1 aliphatic heterocycles. The van der Waals surface area contributed by atoms with Crippen molar-refractivity contribution in [2.75, 3.05) is 19.7 Å². The Morgan fingerprint density at radius 3 is 2.41 bits per heavy atom. The summed E-state index contributed by atoms with van der Waals surface area (Å²) < 4.78 is 5.83. The largest absolute Gasteiger partial charge is 0.508 e. The van der Waals surface area contributed by atoms with E-state index in [1.54, 1.807) is 18.2 Å². The van der Waals surface area contributed by atoms with Crippen molar-refractivity contribution in [3.63, 3.8) is 0 Å². The quantitative estimate of drug-likeness (QED) is 0.145. The van der Waals surface area contributed by atoms with Gasteiger partial charge >= 0.3 is 5.97 Å². The number of carboxylic acids is 1. The number of aliphatic hydroxyl groups is 1. The van der Waals surface area contributed by atoms with E-state index in [0.29, 0.717) is 54.3 Å². The van der Waals surface area contributed by atoms with Gasteiger partial charge in [0, 0.05) is 53.7 Å². The van der Waals surface area contributed by atoms with Crippen LogP contribution in [0, 0.1) is 0 Å². The van der Waals surface area contributed by atoms with Crippen molar-refractivity contribution in [3.8, 4) is 28.2 Å². The van der Waals surface area contributed by atoms with Crippen molar-refractivity contribution in [2.24, 2.45) is 0 Å². The number of unbranched alkanes of at least 4 members (excludes halogenated alkanes) is 2. The lowest BCUT2D eigenvalue weighted by molar-refractivity contribution is -0.121. The van der Waals surface area contributed by atoms with Gasteiger partial charge in [0.2, 0.25) is 5.91 Å². The third-order valence-corrected chi connectivity index (χ3v) is 6.26. The fourth-order valence-corrected chi connectivity index (χ4v) is 4.40. The Morgan fingerprint density at radius 1 is 0.846 bits per heavy atom. The van der Waals surface area contributed by atoms with E-state index >= 15 is 0 Å². The average molecular weight is 533 g/mol. The van der Waals surface area contributed by atoms with E-state index in [-0.39, 0.29) is 52.7 Å². The normalized spacial score (nSPS) is 11.0. The second-order valence-electron chi connectivity index (χ2n) is 9.02. The summed E-state index contributed by atoms with van der Waals surface area (Å²) in [5.74, 6) is -1.61. The highest BCUT2D eigenvalue weighted by Crippen LogP contribution is 2.42. The molecule has 5 N–H and O–H groups in total. The number of amides is 2. The lowest BCUT2D eigenvalue weighted by Crippen LogP contribution is -2.26. The summed E-state index contributed by atoms with van der Waals surface area (Å²) in [4.78, 5) is 48.6. The van der Waals surface area contributed by atoms with Gasteiger partial charge in [-0.25, -0.2) is 4.79 Å². The molecule has 202 valence electrons. The summed E-state index contributed by atoms with van der Waals surface area (Å²) in [5, 5.41) is 34.6. The molecule has 0 spiro atoms. The van der Waals surface area contributed by atoms with Gasteiger partial charge in [-0.05, 0) is 54.8 Å². The van der Waals surface area contributed by atoms with Crippen LogP contribution in [0.1, 0.15) is 46.4 Å². The van der Waals surface area contributed by atoms with Gasteiger partial charge in [0.15, 0.2) is 5.43 Å². The van der Waals surface area contributed by atoms with Crippen LogP contribution in [-0.4, -0.2) is 52.8 Å². The summed E-state index contributed by atoms with van der Waals surface area (Å²) in [6, 6.07) is 13.1. The van der Waals surface area contributed by atoms with E-state index < -0.39 is 11.9 Å². The van der Waals surface area contributed by atoms with Crippen LogP contribution < -0.4 is 16.1 Å². The minimum atomic E-state index is -1.24. The van der Waals surface area contributed by atoms with Crippen LogP contribution in [0.25, 0.3) is 33.4 Å². The third kappa shape index (κ3) is 6.42. The number of hydrogen-bond donors (Lipinski definition) is 5. The number of carbonyl (C=O) groups is 3. The molecule has 0 saturated carbocycles. The number of rotatable bonds is 11. The van der Waals surface area contributed by atoms with Gasteiger partial charge in [0.05, 0.1) is 12.2 Å². The summed E-state index contributed by atoms with van der Waals surface area (Å²) in [7, 11) is 0. The highest BCUT2D eigenvalue weighted by Gasteiger charge is 2.23. The summed E-state index contributed by atoms with van der Waals surface area (Å²) >= 11 is 0. The number of carboxylic acid groups (broad SMARTS) is 1. The van der Waals surface area contributed by atoms with Gasteiger partial charge in [-0.2, -0.15) is 0 Å². The first-order valence-electron chi connectivity index (χ1n) is 12.5. The molecule has 0 saturated heterocycles. The van der Waals surface area contributed by atoms with Crippen LogP contribution in [-0.2, 0) is 4.79 Å². The number of aromatic carboxylic acids is 1. The lowest BCUT2D eigenvalue weighted by Gasteiger charge is -2.17. The molecule has 10 heteroatoms. The summed E-state index contributed by atoms with van der Waals surface area (Å²) in [6.45, 7) is 0.476. The molecule has 0 radical (unpaired) electrons. The monoisotopic (exact) mass is 532 g/mol. The highest BCUT2D eigenvalue weighted by atomic mass is 16.4. The predicted molar refractivity (Wildman–Crippen MR) is 144 cm³/mol. The Labute approximate surface area is 223 Å². The highest BCUT2D eigenvalue weighted by molar-refractivity contribution is 6.09. The number of carbonyl (C=O) groups excluding carboxylic acids is 2. The summed E-state index contributed by atoms with van der Waals surface area (Å²) in [5.41, 5.74) is 1.39. The van der Waals surface area contributed by atoms with Gasteiger partial charge in [-0.3, -0.25) is 14.4 Å². The van der Waals surface area contributed by atoms with Crippen LogP contribution in [0.15, 0.2) is 63.8 Å². The fraction of sp³-hybridized carbons (Fsp3) is 0.241. The molecule has 1 heterocycles. The van der Waals surface area contributed by atoms with Crippen molar-refractivity contribution in [3.05, 3.63) is 75.9 Å². The minimum absolute atomic E-state index is 0.0507. The number of nitrogens with one attached hydrogen (secondary N) is 2. The first-order valence-corrected chi connectivity index (χ1v) is 12.5. The topological polar surface area (TPSA) is 166 Å². The molecule has 0 fully saturated rings. The SMILES string of the molecule is O=C(CCCCCNC(=O)c1ccc(-c2c3ccc(=O)cc-3oc3cc(O)ccc23)c(C(=O)O)c1)NCCO. The molecule has 0 unspecified atom stereocenters. The van der Waals surface area contributed by atoms with Gasteiger partial charge < -0.3 is 30.4 Å². The smallest absolute Gasteiger partial charge is 0.336 e. The molecule has 2 aromatic carbocycles. The van der Waals surface area contributed by atoms with E-state index in [9.17, 15) is 29.4 Å². The van der Waals surface area contributed by atoms with Crippen LogP contribution in [0.5, 0.6) is 5.75 Å².